The average molecular weight is 388 g/mol. The van der Waals surface area contributed by atoms with E-state index in [-0.39, 0.29) is 5.92 Å². The summed E-state index contributed by atoms with van der Waals surface area (Å²) in [6.45, 7) is 0. The first-order chi connectivity index (χ1) is 13.0. The first kappa shape index (κ1) is 18.5. The van der Waals surface area contributed by atoms with Gasteiger partial charge in [0.15, 0.2) is 5.60 Å². The van der Waals surface area contributed by atoms with Gasteiger partial charge in [-0.15, -0.1) is 0 Å². The molecule has 1 fully saturated rings. The molecular weight excluding hydrogens is 362 g/mol. The van der Waals surface area contributed by atoms with E-state index < -0.39 is 11.5 Å². The van der Waals surface area contributed by atoms with Crippen molar-refractivity contribution < 1.29 is 9.90 Å². The molecule has 1 unspecified atom stereocenters. The average Bonchev–Trinajstić information content (AvgIpc) is 3.08. The zero-order valence-electron chi connectivity index (χ0n) is 15.5. The number of amides is 1. The molecule has 2 aromatic rings. The molecule has 1 atom stereocenters. The van der Waals surface area contributed by atoms with Crippen molar-refractivity contribution in [2.24, 2.45) is 11.7 Å². The van der Waals surface area contributed by atoms with Gasteiger partial charge in [-0.1, -0.05) is 30.9 Å². The Balaban J connectivity index is 1.92. The lowest BCUT2D eigenvalue weighted by Crippen LogP contribution is -2.49. The van der Waals surface area contributed by atoms with Gasteiger partial charge in [-0.3, -0.25) is 4.79 Å². The van der Waals surface area contributed by atoms with Crippen LogP contribution in [0.4, 0.5) is 0 Å². The number of hydrogen-bond donors (Lipinski definition) is 2. The third-order valence-corrected chi connectivity index (χ3v) is 6.41. The zero-order valence-corrected chi connectivity index (χ0v) is 16.2. The number of aromatic nitrogens is 2. The number of fused-ring (bicyclic) bond motifs is 1. The molecule has 3 N–H and O–H groups in total. The summed E-state index contributed by atoms with van der Waals surface area (Å²) in [5.41, 5.74) is 7.50. The Morgan fingerprint density at radius 3 is 2.44 bits per heavy atom. The number of benzene rings is 1. The van der Waals surface area contributed by atoms with Gasteiger partial charge in [0.25, 0.3) is 5.91 Å². The summed E-state index contributed by atoms with van der Waals surface area (Å²) in [5, 5.41) is 17.2. The van der Waals surface area contributed by atoms with Crippen molar-refractivity contribution in [3.05, 3.63) is 46.2 Å². The van der Waals surface area contributed by atoms with Gasteiger partial charge in [0.2, 0.25) is 0 Å². The largest absolute Gasteiger partial charge is 0.374 e. The SMILES string of the molecule is NC(=O)C(O)(c1c2c(nn1-c1ccc(Cl)cc1)CCCC2)C1CCCCC1. The molecule has 1 amide bonds. The summed E-state index contributed by atoms with van der Waals surface area (Å²) < 4.78 is 1.74. The van der Waals surface area contributed by atoms with Crippen molar-refractivity contribution in [1.29, 1.82) is 0 Å². The lowest BCUT2D eigenvalue weighted by molar-refractivity contribution is -0.146. The first-order valence-electron chi connectivity index (χ1n) is 9.91. The minimum atomic E-state index is -1.70. The quantitative estimate of drug-likeness (QED) is 0.839. The highest BCUT2D eigenvalue weighted by Crippen LogP contribution is 2.43. The molecular formula is C21H26ClN3O2. The maximum absolute atomic E-state index is 12.7. The van der Waals surface area contributed by atoms with Crippen LogP contribution in [-0.2, 0) is 23.2 Å². The van der Waals surface area contributed by atoms with E-state index in [0.717, 1.165) is 74.7 Å². The Bertz CT molecular complexity index is 840. The van der Waals surface area contributed by atoms with E-state index in [0.29, 0.717) is 10.7 Å². The lowest BCUT2D eigenvalue weighted by Gasteiger charge is -2.37. The van der Waals surface area contributed by atoms with Crippen LogP contribution in [0, 0.1) is 5.92 Å². The van der Waals surface area contributed by atoms with Gasteiger partial charge in [0.1, 0.15) is 0 Å². The Morgan fingerprint density at radius 2 is 1.78 bits per heavy atom. The molecule has 144 valence electrons. The number of carbonyl (C=O) groups excluding carboxylic acids is 1. The van der Waals surface area contributed by atoms with Crippen molar-refractivity contribution in [2.45, 2.75) is 63.4 Å². The zero-order chi connectivity index (χ0) is 19.0. The second-order valence-electron chi connectivity index (χ2n) is 7.83. The minimum Gasteiger partial charge on any atom is -0.374 e. The Morgan fingerprint density at radius 1 is 1.11 bits per heavy atom. The van der Waals surface area contributed by atoms with Crippen LogP contribution in [0.5, 0.6) is 0 Å². The fourth-order valence-corrected chi connectivity index (χ4v) is 4.87. The molecule has 5 nitrogen and oxygen atoms in total. The summed E-state index contributed by atoms with van der Waals surface area (Å²) >= 11 is 6.05. The van der Waals surface area contributed by atoms with E-state index in [9.17, 15) is 9.90 Å². The maximum Gasteiger partial charge on any atom is 0.255 e. The topological polar surface area (TPSA) is 81.1 Å². The van der Waals surface area contributed by atoms with Gasteiger partial charge in [0.05, 0.1) is 17.1 Å². The third kappa shape index (κ3) is 3.17. The van der Waals surface area contributed by atoms with E-state index in [4.69, 9.17) is 22.4 Å². The standard InChI is InChI=1S/C21H26ClN3O2/c22-15-10-12-16(13-11-15)25-19(17-8-4-5-9-18(17)24-25)21(27,20(23)26)14-6-2-1-3-7-14/h10-14,27H,1-9H2,(H2,23,26). The Hall–Kier alpha value is -1.85. The van der Waals surface area contributed by atoms with Crippen molar-refractivity contribution in [3.8, 4) is 5.69 Å². The lowest BCUT2D eigenvalue weighted by atomic mass is 9.73. The third-order valence-electron chi connectivity index (χ3n) is 6.16. The fourth-order valence-electron chi connectivity index (χ4n) is 4.75. The molecule has 1 aromatic heterocycles. The highest BCUT2D eigenvalue weighted by molar-refractivity contribution is 6.30. The van der Waals surface area contributed by atoms with Crippen molar-refractivity contribution in [1.82, 2.24) is 9.78 Å². The molecule has 4 rings (SSSR count). The molecule has 0 saturated heterocycles. The highest BCUT2D eigenvalue weighted by atomic mass is 35.5. The Labute approximate surface area is 164 Å². The van der Waals surface area contributed by atoms with Crippen LogP contribution >= 0.6 is 11.6 Å². The number of primary amides is 1. The van der Waals surface area contributed by atoms with Crippen LogP contribution in [0.3, 0.4) is 0 Å². The van der Waals surface area contributed by atoms with E-state index in [1.165, 1.54) is 0 Å². The number of hydrogen-bond acceptors (Lipinski definition) is 3. The van der Waals surface area contributed by atoms with Gasteiger partial charge < -0.3 is 10.8 Å². The molecule has 0 aliphatic heterocycles. The molecule has 27 heavy (non-hydrogen) atoms. The first-order valence-corrected chi connectivity index (χ1v) is 10.3. The summed E-state index contributed by atoms with van der Waals surface area (Å²) in [6, 6.07) is 7.33. The number of rotatable bonds is 4. The molecule has 6 heteroatoms. The number of aliphatic hydroxyl groups is 1. The van der Waals surface area contributed by atoms with Crippen LogP contribution in [0.15, 0.2) is 24.3 Å². The molecule has 1 heterocycles. The van der Waals surface area contributed by atoms with Crippen molar-refractivity contribution in [2.75, 3.05) is 0 Å². The maximum atomic E-state index is 12.7. The smallest absolute Gasteiger partial charge is 0.255 e. The molecule has 1 saturated carbocycles. The summed E-state index contributed by atoms with van der Waals surface area (Å²) in [7, 11) is 0. The molecule has 0 spiro atoms. The summed E-state index contributed by atoms with van der Waals surface area (Å²) in [5.74, 6) is -0.838. The molecule has 0 bridgehead atoms. The molecule has 1 aromatic carbocycles. The molecule has 2 aliphatic carbocycles. The molecule has 2 aliphatic rings. The van der Waals surface area contributed by atoms with Gasteiger partial charge in [-0.2, -0.15) is 5.10 Å². The normalized spacial score (nSPS) is 20.1. The second kappa shape index (κ2) is 7.28. The van der Waals surface area contributed by atoms with Gasteiger partial charge in [-0.25, -0.2) is 4.68 Å². The molecule has 0 radical (unpaired) electrons. The van der Waals surface area contributed by atoms with Crippen LogP contribution in [0.1, 0.15) is 61.9 Å². The van der Waals surface area contributed by atoms with E-state index in [1.54, 1.807) is 16.8 Å². The van der Waals surface area contributed by atoms with Gasteiger partial charge in [-0.05, 0) is 62.8 Å². The highest BCUT2D eigenvalue weighted by Gasteiger charge is 2.49. The van der Waals surface area contributed by atoms with Gasteiger partial charge >= 0.3 is 0 Å². The Kier molecular flexibility index (Phi) is 4.99. The fraction of sp³-hybridized carbons (Fsp3) is 0.524. The van der Waals surface area contributed by atoms with Crippen LogP contribution in [-0.4, -0.2) is 20.8 Å². The monoisotopic (exact) mass is 387 g/mol. The number of halogens is 1. The predicted octanol–water partition coefficient (Wildman–Crippen LogP) is 3.66. The predicted molar refractivity (Wildman–Crippen MR) is 105 cm³/mol. The van der Waals surface area contributed by atoms with Gasteiger partial charge in [0, 0.05) is 16.5 Å². The summed E-state index contributed by atoms with van der Waals surface area (Å²) in [6.07, 6.45) is 8.56. The van der Waals surface area contributed by atoms with Crippen molar-refractivity contribution in [3.63, 3.8) is 0 Å². The van der Waals surface area contributed by atoms with E-state index in [1.807, 2.05) is 12.1 Å². The summed E-state index contributed by atoms with van der Waals surface area (Å²) in [4.78, 5) is 12.7. The van der Waals surface area contributed by atoms with Crippen LogP contribution < -0.4 is 5.73 Å². The van der Waals surface area contributed by atoms with Crippen LogP contribution in [0.2, 0.25) is 5.02 Å². The minimum absolute atomic E-state index is 0.169. The van der Waals surface area contributed by atoms with Crippen molar-refractivity contribution >= 4 is 17.5 Å². The number of nitrogens with zero attached hydrogens (tertiary/aromatic N) is 2. The van der Waals surface area contributed by atoms with E-state index >= 15 is 0 Å². The second-order valence-corrected chi connectivity index (χ2v) is 8.27. The number of aryl methyl sites for hydroxylation is 1. The van der Waals surface area contributed by atoms with E-state index in [2.05, 4.69) is 0 Å². The number of carbonyl (C=O) groups is 1. The number of nitrogens with two attached hydrogens (primary N) is 1. The van der Waals surface area contributed by atoms with Crippen LogP contribution in [0.25, 0.3) is 5.69 Å².